The third-order valence-electron chi connectivity index (χ3n) is 3.93. The summed E-state index contributed by atoms with van der Waals surface area (Å²) in [6.07, 6.45) is 4.80. The normalized spacial score (nSPS) is 21.6. The van der Waals surface area contributed by atoms with Gasteiger partial charge in [-0.1, -0.05) is 13.3 Å². The number of methoxy groups -OCH3 is 1. The zero-order chi connectivity index (χ0) is 14.8. The van der Waals surface area contributed by atoms with Crippen LogP contribution in [-0.2, 0) is 9.53 Å². The molecule has 2 unspecified atom stereocenters. The molecule has 2 atom stereocenters. The van der Waals surface area contributed by atoms with Gasteiger partial charge in [-0.15, -0.1) is 0 Å². The Morgan fingerprint density at radius 3 is 2.90 bits per heavy atom. The zero-order valence-electron chi connectivity index (χ0n) is 13.3. The summed E-state index contributed by atoms with van der Waals surface area (Å²) in [5.74, 6) is 0.108. The molecule has 2 N–H and O–H groups in total. The molecule has 0 aliphatic carbocycles. The number of piperidine rings is 1. The topological polar surface area (TPSA) is 53.6 Å². The van der Waals surface area contributed by atoms with Crippen LogP contribution in [0, 0.1) is 0 Å². The average molecular weight is 285 g/mol. The predicted molar refractivity (Wildman–Crippen MR) is 81.9 cm³/mol. The summed E-state index contributed by atoms with van der Waals surface area (Å²) in [5, 5.41) is 6.47. The first kappa shape index (κ1) is 17.4. The second-order valence-corrected chi connectivity index (χ2v) is 5.62. The number of carbonyl (C=O) groups is 1. The number of rotatable bonds is 9. The first-order valence-corrected chi connectivity index (χ1v) is 7.92. The zero-order valence-corrected chi connectivity index (χ0v) is 13.3. The molecule has 1 aliphatic rings. The average Bonchev–Trinajstić information content (AvgIpc) is 2.45. The van der Waals surface area contributed by atoms with Gasteiger partial charge < -0.3 is 15.4 Å². The molecule has 1 aliphatic heterocycles. The molecule has 118 valence electrons. The van der Waals surface area contributed by atoms with E-state index in [2.05, 4.69) is 29.4 Å². The molecule has 0 aromatic rings. The highest BCUT2D eigenvalue weighted by Crippen LogP contribution is 2.19. The van der Waals surface area contributed by atoms with Crippen LogP contribution in [0.1, 0.15) is 39.5 Å². The van der Waals surface area contributed by atoms with Crippen molar-refractivity contribution >= 4 is 5.91 Å². The molecule has 0 aromatic carbocycles. The summed E-state index contributed by atoms with van der Waals surface area (Å²) >= 11 is 0. The first-order chi connectivity index (χ1) is 9.69. The summed E-state index contributed by atoms with van der Waals surface area (Å²) < 4.78 is 4.95. The number of likely N-dealkylation sites (tertiary alicyclic amines) is 1. The highest BCUT2D eigenvalue weighted by Gasteiger charge is 2.28. The maximum absolute atomic E-state index is 11.9. The van der Waals surface area contributed by atoms with E-state index in [1.807, 2.05) is 0 Å². The van der Waals surface area contributed by atoms with Crippen LogP contribution in [0.15, 0.2) is 0 Å². The lowest BCUT2D eigenvalue weighted by molar-refractivity contribution is -0.123. The minimum atomic E-state index is 0.108. The standard InChI is InChI=1S/C15H31N3O2/c1-4-8-16-13(2)14-7-5-6-10-18(14)12-15(19)17-9-11-20-3/h13-14,16H,4-12H2,1-3H3,(H,17,19). The molecule has 5 nitrogen and oxygen atoms in total. The molecule has 1 rings (SSSR count). The summed E-state index contributed by atoms with van der Waals surface area (Å²) in [7, 11) is 1.65. The molecule has 0 aromatic heterocycles. The van der Waals surface area contributed by atoms with Gasteiger partial charge in [0, 0.05) is 25.7 Å². The smallest absolute Gasteiger partial charge is 0.234 e. The Morgan fingerprint density at radius 1 is 1.40 bits per heavy atom. The van der Waals surface area contributed by atoms with Crippen LogP contribution in [-0.4, -0.2) is 62.8 Å². The van der Waals surface area contributed by atoms with E-state index in [9.17, 15) is 4.79 Å². The fourth-order valence-electron chi connectivity index (χ4n) is 2.82. The van der Waals surface area contributed by atoms with Crippen LogP contribution < -0.4 is 10.6 Å². The fourth-order valence-corrected chi connectivity index (χ4v) is 2.82. The number of amides is 1. The van der Waals surface area contributed by atoms with Gasteiger partial charge in [-0.25, -0.2) is 0 Å². The highest BCUT2D eigenvalue weighted by atomic mass is 16.5. The number of nitrogens with zero attached hydrogens (tertiary/aromatic N) is 1. The Kier molecular flexibility index (Phi) is 8.82. The Balaban J connectivity index is 2.40. The largest absolute Gasteiger partial charge is 0.383 e. The van der Waals surface area contributed by atoms with E-state index in [4.69, 9.17) is 4.74 Å². The molecule has 0 saturated carbocycles. The Labute approximate surface area is 123 Å². The summed E-state index contributed by atoms with van der Waals surface area (Å²) in [4.78, 5) is 14.3. The molecule has 1 fully saturated rings. The van der Waals surface area contributed by atoms with E-state index in [1.54, 1.807) is 7.11 Å². The minimum absolute atomic E-state index is 0.108. The molecular formula is C15H31N3O2. The highest BCUT2D eigenvalue weighted by molar-refractivity contribution is 5.78. The van der Waals surface area contributed by atoms with Gasteiger partial charge in [0.15, 0.2) is 0 Å². The van der Waals surface area contributed by atoms with Crippen molar-refractivity contribution in [3.63, 3.8) is 0 Å². The van der Waals surface area contributed by atoms with Gasteiger partial charge in [0.1, 0.15) is 0 Å². The molecule has 1 amide bonds. The van der Waals surface area contributed by atoms with Gasteiger partial charge in [-0.05, 0) is 39.3 Å². The van der Waals surface area contributed by atoms with Gasteiger partial charge in [0.2, 0.25) is 5.91 Å². The van der Waals surface area contributed by atoms with Crippen molar-refractivity contribution in [3.8, 4) is 0 Å². The maximum atomic E-state index is 11.9. The first-order valence-electron chi connectivity index (χ1n) is 7.92. The third-order valence-corrected chi connectivity index (χ3v) is 3.93. The van der Waals surface area contributed by atoms with E-state index in [0.717, 1.165) is 19.5 Å². The number of hydrogen-bond donors (Lipinski definition) is 2. The van der Waals surface area contributed by atoms with Crippen molar-refractivity contribution in [1.29, 1.82) is 0 Å². The fraction of sp³-hybridized carbons (Fsp3) is 0.933. The van der Waals surface area contributed by atoms with Crippen molar-refractivity contribution in [3.05, 3.63) is 0 Å². The van der Waals surface area contributed by atoms with Gasteiger partial charge in [-0.3, -0.25) is 9.69 Å². The lowest BCUT2D eigenvalue weighted by Gasteiger charge is -2.39. The summed E-state index contributed by atoms with van der Waals surface area (Å²) in [6, 6.07) is 0.922. The Morgan fingerprint density at radius 2 is 2.20 bits per heavy atom. The third kappa shape index (κ3) is 6.20. The quantitative estimate of drug-likeness (QED) is 0.620. The molecule has 1 heterocycles. The Bertz CT molecular complexity index is 274. The van der Waals surface area contributed by atoms with Crippen LogP contribution in [0.25, 0.3) is 0 Å². The van der Waals surface area contributed by atoms with Crippen LogP contribution in [0.4, 0.5) is 0 Å². The van der Waals surface area contributed by atoms with E-state index >= 15 is 0 Å². The van der Waals surface area contributed by atoms with E-state index in [1.165, 1.54) is 19.3 Å². The molecule has 20 heavy (non-hydrogen) atoms. The van der Waals surface area contributed by atoms with Crippen LogP contribution >= 0.6 is 0 Å². The number of ether oxygens (including phenoxy) is 1. The number of carbonyl (C=O) groups excluding carboxylic acids is 1. The van der Waals surface area contributed by atoms with E-state index < -0.39 is 0 Å². The lowest BCUT2D eigenvalue weighted by Crippen LogP contribution is -2.53. The monoisotopic (exact) mass is 285 g/mol. The van der Waals surface area contributed by atoms with Crippen LogP contribution in [0.5, 0.6) is 0 Å². The summed E-state index contributed by atoms with van der Waals surface area (Å²) in [5.41, 5.74) is 0. The Hall–Kier alpha value is -0.650. The van der Waals surface area contributed by atoms with Crippen molar-refractivity contribution in [2.75, 3.05) is 39.9 Å². The number of nitrogens with one attached hydrogen (secondary N) is 2. The second-order valence-electron chi connectivity index (χ2n) is 5.62. The van der Waals surface area contributed by atoms with E-state index in [0.29, 0.717) is 31.8 Å². The molecule has 0 spiro atoms. The second kappa shape index (κ2) is 10.1. The molecular weight excluding hydrogens is 254 g/mol. The SMILES string of the molecule is CCCNC(C)C1CCCCN1CC(=O)NCCOC. The maximum Gasteiger partial charge on any atom is 0.234 e. The van der Waals surface area contributed by atoms with Gasteiger partial charge in [0.25, 0.3) is 0 Å². The van der Waals surface area contributed by atoms with Crippen molar-refractivity contribution in [2.24, 2.45) is 0 Å². The molecule has 0 bridgehead atoms. The van der Waals surface area contributed by atoms with Crippen molar-refractivity contribution in [1.82, 2.24) is 15.5 Å². The van der Waals surface area contributed by atoms with Crippen molar-refractivity contribution < 1.29 is 9.53 Å². The van der Waals surface area contributed by atoms with Crippen molar-refractivity contribution in [2.45, 2.75) is 51.6 Å². The molecule has 1 saturated heterocycles. The number of hydrogen-bond acceptors (Lipinski definition) is 4. The van der Waals surface area contributed by atoms with Crippen LogP contribution in [0.3, 0.4) is 0 Å². The van der Waals surface area contributed by atoms with Gasteiger partial charge in [-0.2, -0.15) is 0 Å². The minimum Gasteiger partial charge on any atom is -0.383 e. The van der Waals surface area contributed by atoms with Gasteiger partial charge in [0.05, 0.1) is 13.2 Å². The predicted octanol–water partition coefficient (Wildman–Crippen LogP) is 0.992. The van der Waals surface area contributed by atoms with E-state index in [-0.39, 0.29) is 5.91 Å². The van der Waals surface area contributed by atoms with Crippen LogP contribution in [0.2, 0.25) is 0 Å². The molecule has 0 radical (unpaired) electrons. The summed E-state index contributed by atoms with van der Waals surface area (Å²) in [6.45, 7) is 8.17. The van der Waals surface area contributed by atoms with Gasteiger partial charge >= 0.3 is 0 Å². The molecule has 5 heteroatoms. The lowest BCUT2D eigenvalue weighted by atomic mass is 9.96.